The van der Waals surface area contributed by atoms with E-state index in [2.05, 4.69) is 13.2 Å². The SMILES string of the molecule is C=CCOC(=O)C1=CC2C3CC(C=C3C(=O)OCC=C)C2C1. The van der Waals surface area contributed by atoms with Crippen LogP contribution < -0.4 is 0 Å². The van der Waals surface area contributed by atoms with Crippen LogP contribution in [0.4, 0.5) is 0 Å². The molecule has 2 bridgehead atoms. The summed E-state index contributed by atoms with van der Waals surface area (Å²) >= 11 is 0. The second-order valence-electron chi connectivity index (χ2n) is 6.04. The van der Waals surface area contributed by atoms with Crippen molar-refractivity contribution in [2.45, 2.75) is 12.8 Å². The minimum absolute atomic E-state index is 0.178. The molecule has 0 N–H and O–H groups in total. The van der Waals surface area contributed by atoms with Gasteiger partial charge in [-0.3, -0.25) is 0 Å². The lowest BCUT2D eigenvalue weighted by Crippen LogP contribution is -2.22. The molecule has 4 nitrogen and oxygen atoms in total. The molecule has 0 heterocycles. The second kappa shape index (κ2) is 5.95. The van der Waals surface area contributed by atoms with Gasteiger partial charge in [0.25, 0.3) is 0 Å². The van der Waals surface area contributed by atoms with E-state index < -0.39 is 0 Å². The number of fused-ring (bicyclic) bond motifs is 5. The first-order valence-electron chi connectivity index (χ1n) is 7.64. The Labute approximate surface area is 130 Å². The maximum absolute atomic E-state index is 12.1. The van der Waals surface area contributed by atoms with E-state index in [4.69, 9.17) is 9.47 Å². The van der Waals surface area contributed by atoms with Crippen LogP contribution in [-0.2, 0) is 19.1 Å². The summed E-state index contributed by atoms with van der Waals surface area (Å²) in [7, 11) is 0. The van der Waals surface area contributed by atoms with Crippen LogP contribution in [0.2, 0.25) is 0 Å². The Hall–Kier alpha value is -2.10. The van der Waals surface area contributed by atoms with Crippen molar-refractivity contribution in [3.8, 4) is 0 Å². The molecular formula is C18H20O4. The van der Waals surface area contributed by atoms with E-state index in [0.29, 0.717) is 11.8 Å². The largest absolute Gasteiger partial charge is 0.458 e. The number of hydrogen-bond donors (Lipinski definition) is 0. The summed E-state index contributed by atoms with van der Waals surface area (Å²) < 4.78 is 10.3. The molecule has 0 spiro atoms. The highest BCUT2D eigenvalue weighted by atomic mass is 16.5. The van der Waals surface area contributed by atoms with Crippen molar-refractivity contribution in [2.24, 2.45) is 23.7 Å². The van der Waals surface area contributed by atoms with E-state index in [0.717, 1.165) is 24.0 Å². The van der Waals surface area contributed by atoms with E-state index in [1.807, 2.05) is 12.2 Å². The molecule has 0 aromatic carbocycles. The Morgan fingerprint density at radius 1 is 1.14 bits per heavy atom. The zero-order valence-corrected chi connectivity index (χ0v) is 12.5. The zero-order valence-electron chi connectivity index (χ0n) is 12.5. The third kappa shape index (κ3) is 2.43. The van der Waals surface area contributed by atoms with Crippen molar-refractivity contribution in [3.63, 3.8) is 0 Å². The molecule has 3 aliphatic rings. The zero-order chi connectivity index (χ0) is 15.7. The molecule has 0 aliphatic heterocycles. The summed E-state index contributed by atoms with van der Waals surface area (Å²) in [5.74, 6) is 0.713. The van der Waals surface area contributed by atoms with E-state index in [1.165, 1.54) is 0 Å². The fourth-order valence-electron chi connectivity index (χ4n) is 3.99. The Balaban J connectivity index is 1.69. The minimum atomic E-state index is -0.260. The monoisotopic (exact) mass is 300 g/mol. The predicted molar refractivity (Wildman–Crippen MR) is 81.7 cm³/mol. The predicted octanol–water partition coefficient (Wildman–Crippen LogP) is 2.58. The fraction of sp³-hybridized carbons (Fsp3) is 0.444. The lowest BCUT2D eigenvalue weighted by Gasteiger charge is -2.23. The van der Waals surface area contributed by atoms with Crippen LogP contribution in [0.25, 0.3) is 0 Å². The van der Waals surface area contributed by atoms with Gasteiger partial charge in [0.2, 0.25) is 0 Å². The highest BCUT2D eigenvalue weighted by molar-refractivity contribution is 5.92. The van der Waals surface area contributed by atoms with Crippen LogP contribution in [0.3, 0.4) is 0 Å². The van der Waals surface area contributed by atoms with Crippen molar-refractivity contribution in [1.29, 1.82) is 0 Å². The van der Waals surface area contributed by atoms with E-state index in [-0.39, 0.29) is 37.0 Å². The lowest BCUT2D eigenvalue weighted by atomic mass is 9.81. The fourth-order valence-corrected chi connectivity index (χ4v) is 3.99. The number of carbonyl (C=O) groups is 2. The van der Waals surface area contributed by atoms with Gasteiger partial charge in [-0.2, -0.15) is 0 Å². The van der Waals surface area contributed by atoms with Crippen LogP contribution in [-0.4, -0.2) is 25.2 Å². The second-order valence-corrected chi connectivity index (χ2v) is 6.04. The van der Waals surface area contributed by atoms with Gasteiger partial charge in [-0.25, -0.2) is 9.59 Å². The van der Waals surface area contributed by atoms with Crippen LogP contribution in [0, 0.1) is 23.7 Å². The molecule has 0 amide bonds. The Kier molecular flexibility index (Phi) is 4.01. The summed E-state index contributed by atoms with van der Waals surface area (Å²) in [5.41, 5.74) is 1.51. The molecule has 116 valence electrons. The normalized spacial score (nSPS) is 31.1. The van der Waals surface area contributed by atoms with Crippen molar-refractivity contribution in [1.82, 2.24) is 0 Å². The van der Waals surface area contributed by atoms with E-state index in [1.54, 1.807) is 12.2 Å². The van der Waals surface area contributed by atoms with Gasteiger partial charge >= 0.3 is 11.9 Å². The van der Waals surface area contributed by atoms with E-state index >= 15 is 0 Å². The highest BCUT2D eigenvalue weighted by Gasteiger charge is 2.52. The smallest absolute Gasteiger partial charge is 0.334 e. The standard InChI is InChI=1S/C18H20O4/c1-3-5-21-17(19)12-9-13-11-7-15(14(13)10-12)16(8-11)18(20)22-6-4-2/h3-4,8,10-11,13-15H,1-2,5-7,9H2. The van der Waals surface area contributed by atoms with Gasteiger partial charge in [-0.15, -0.1) is 0 Å². The first-order chi connectivity index (χ1) is 10.7. The topological polar surface area (TPSA) is 52.6 Å². The quantitative estimate of drug-likeness (QED) is 0.559. The third-order valence-corrected chi connectivity index (χ3v) is 4.84. The summed E-state index contributed by atoms with van der Waals surface area (Å²) in [6, 6.07) is 0. The van der Waals surface area contributed by atoms with Gasteiger partial charge in [-0.1, -0.05) is 37.5 Å². The molecule has 1 fully saturated rings. The summed E-state index contributed by atoms with van der Waals surface area (Å²) in [6.45, 7) is 7.56. The summed E-state index contributed by atoms with van der Waals surface area (Å²) in [5, 5.41) is 0. The third-order valence-electron chi connectivity index (χ3n) is 4.84. The van der Waals surface area contributed by atoms with Gasteiger partial charge in [0.15, 0.2) is 0 Å². The molecule has 0 saturated heterocycles. The minimum Gasteiger partial charge on any atom is -0.458 e. The molecule has 0 aromatic rings. The average molecular weight is 300 g/mol. The van der Waals surface area contributed by atoms with Crippen LogP contribution >= 0.6 is 0 Å². The van der Waals surface area contributed by atoms with Gasteiger partial charge in [0.1, 0.15) is 13.2 Å². The van der Waals surface area contributed by atoms with Crippen molar-refractivity contribution < 1.29 is 19.1 Å². The Morgan fingerprint density at radius 3 is 2.50 bits per heavy atom. The Morgan fingerprint density at radius 2 is 1.82 bits per heavy atom. The van der Waals surface area contributed by atoms with Crippen LogP contribution in [0.5, 0.6) is 0 Å². The number of allylic oxidation sites excluding steroid dienone is 2. The molecule has 4 heteroatoms. The number of rotatable bonds is 6. The number of carbonyl (C=O) groups excluding carboxylic acids is 2. The molecule has 3 aliphatic carbocycles. The molecular weight excluding hydrogens is 280 g/mol. The molecule has 22 heavy (non-hydrogen) atoms. The maximum atomic E-state index is 12.1. The highest BCUT2D eigenvalue weighted by Crippen LogP contribution is 2.57. The van der Waals surface area contributed by atoms with Crippen molar-refractivity contribution in [2.75, 3.05) is 13.2 Å². The van der Waals surface area contributed by atoms with Crippen LogP contribution in [0.15, 0.2) is 48.6 Å². The molecule has 1 saturated carbocycles. The van der Waals surface area contributed by atoms with Gasteiger partial charge in [0.05, 0.1) is 0 Å². The Bertz CT molecular complexity index is 584. The molecule has 0 radical (unpaired) electrons. The van der Waals surface area contributed by atoms with Crippen LogP contribution in [0.1, 0.15) is 12.8 Å². The first-order valence-corrected chi connectivity index (χ1v) is 7.64. The lowest BCUT2D eigenvalue weighted by molar-refractivity contribution is -0.139. The molecule has 0 aromatic heterocycles. The summed E-state index contributed by atoms with van der Waals surface area (Å²) in [4.78, 5) is 24.0. The average Bonchev–Trinajstić information content (AvgIpc) is 3.20. The summed E-state index contributed by atoms with van der Waals surface area (Å²) in [6.07, 6.45) is 8.91. The van der Waals surface area contributed by atoms with Gasteiger partial charge < -0.3 is 9.47 Å². The number of ether oxygens (including phenoxy) is 2. The maximum Gasteiger partial charge on any atom is 0.334 e. The molecule has 4 unspecified atom stereocenters. The van der Waals surface area contributed by atoms with Gasteiger partial charge in [0, 0.05) is 11.1 Å². The van der Waals surface area contributed by atoms with E-state index in [9.17, 15) is 9.59 Å². The number of hydrogen-bond acceptors (Lipinski definition) is 4. The van der Waals surface area contributed by atoms with Crippen molar-refractivity contribution in [3.05, 3.63) is 48.6 Å². The molecule has 3 rings (SSSR count). The number of esters is 2. The van der Waals surface area contributed by atoms with Gasteiger partial charge in [-0.05, 0) is 36.5 Å². The molecule has 4 atom stereocenters. The van der Waals surface area contributed by atoms with Crippen molar-refractivity contribution >= 4 is 11.9 Å². The first kappa shape index (κ1) is 14.8.